The maximum absolute atomic E-state index is 10.7. The number of carboxylic acid groups (broad SMARTS) is 1. The normalized spacial score (nSPS) is 14.2. The zero-order valence-corrected chi connectivity index (χ0v) is 9.73. The highest BCUT2D eigenvalue weighted by Gasteiger charge is 2.14. The zero-order valence-electron chi connectivity index (χ0n) is 9.73. The Bertz CT molecular complexity index is 365. The average molecular weight is 223 g/mol. The first-order valence-electron chi connectivity index (χ1n) is 5.17. The average Bonchev–Trinajstić information content (AvgIpc) is 2.28. The van der Waals surface area contributed by atoms with Crippen LogP contribution in [0.5, 0.6) is 5.75 Å². The van der Waals surface area contributed by atoms with E-state index in [1.54, 1.807) is 14.0 Å². The molecule has 0 amide bonds. The molecule has 2 N–H and O–H groups in total. The van der Waals surface area contributed by atoms with Gasteiger partial charge in [-0.3, -0.25) is 10.1 Å². The van der Waals surface area contributed by atoms with Crippen molar-refractivity contribution in [2.24, 2.45) is 0 Å². The summed E-state index contributed by atoms with van der Waals surface area (Å²) in [5.41, 5.74) is 1.01. The highest BCUT2D eigenvalue weighted by Crippen LogP contribution is 2.18. The van der Waals surface area contributed by atoms with Crippen LogP contribution in [0, 0.1) is 0 Å². The third-order valence-electron chi connectivity index (χ3n) is 2.46. The number of rotatable bonds is 5. The summed E-state index contributed by atoms with van der Waals surface area (Å²) in [6.45, 7) is 3.55. The summed E-state index contributed by atoms with van der Waals surface area (Å²) >= 11 is 0. The maximum atomic E-state index is 10.7. The first-order valence-corrected chi connectivity index (χ1v) is 5.17. The van der Waals surface area contributed by atoms with Gasteiger partial charge in [0.05, 0.1) is 7.11 Å². The number of methoxy groups -OCH3 is 1. The second-order valence-corrected chi connectivity index (χ2v) is 3.72. The lowest BCUT2D eigenvalue weighted by Gasteiger charge is -2.17. The Morgan fingerprint density at radius 1 is 1.44 bits per heavy atom. The quantitative estimate of drug-likeness (QED) is 0.799. The van der Waals surface area contributed by atoms with Crippen LogP contribution in [-0.2, 0) is 4.79 Å². The predicted octanol–water partition coefficient (Wildman–Crippen LogP) is 1.82. The minimum absolute atomic E-state index is 0.0267. The van der Waals surface area contributed by atoms with E-state index in [1.807, 2.05) is 31.2 Å². The molecule has 0 radical (unpaired) electrons. The van der Waals surface area contributed by atoms with Gasteiger partial charge in [0.2, 0.25) is 0 Å². The van der Waals surface area contributed by atoms with Gasteiger partial charge in [-0.2, -0.15) is 0 Å². The molecular weight excluding hydrogens is 206 g/mol. The van der Waals surface area contributed by atoms with Crippen molar-refractivity contribution < 1.29 is 14.6 Å². The fourth-order valence-electron chi connectivity index (χ4n) is 1.45. The fourth-order valence-corrected chi connectivity index (χ4v) is 1.45. The lowest BCUT2D eigenvalue weighted by molar-refractivity contribution is -0.139. The smallest absolute Gasteiger partial charge is 0.320 e. The summed E-state index contributed by atoms with van der Waals surface area (Å²) < 4.78 is 5.11. The fraction of sp³-hybridized carbons (Fsp3) is 0.417. The van der Waals surface area contributed by atoms with Gasteiger partial charge in [-0.1, -0.05) is 12.1 Å². The van der Waals surface area contributed by atoms with Crippen LogP contribution in [0.1, 0.15) is 25.5 Å². The summed E-state index contributed by atoms with van der Waals surface area (Å²) in [4.78, 5) is 10.7. The lowest BCUT2D eigenvalue weighted by atomic mass is 10.1. The Kier molecular flexibility index (Phi) is 4.31. The van der Waals surface area contributed by atoms with E-state index in [0.29, 0.717) is 0 Å². The van der Waals surface area contributed by atoms with E-state index in [-0.39, 0.29) is 6.04 Å². The van der Waals surface area contributed by atoms with Gasteiger partial charge in [0.15, 0.2) is 0 Å². The minimum Gasteiger partial charge on any atom is -0.497 e. The van der Waals surface area contributed by atoms with Crippen LogP contribution in [0.4, 0.5) is 0 Å². The van der Waals surface area contributed by atoms with Crippen molar-refractivity contribution in [2.45, 2.75) is 25.9 Å². The van der Waals surface area contributed by atoms with Crippen molar-refractivity contribution in [3.8, 4) is 5.75 Å². The minimum atomic E-state index is -0.852. The Balaban J connectivity index is 2.72. The van der Waals surface area contributed by atoms with Gasteiger partial charge in [-0.15, -0.1) is 0 Å². The van der Waals surface area contributed by atoms with Crippen LogP contribution in [0.25, 0.3) is 0 Å². The Morgan fingerprint density at radius 3 is 2.69 bits per heavy atom. The van der Waals surface area contributed by atoms with Gasteiger partial charge in [-0.25, -0.2) is 0 Å². The van der Waals surface area contributed by atoms with Gasteiger partial charge in [-0.05, 0) is 31.5 Å². The van der Waals surface area contributed by atoms with Crippen LogP contribution in [0.3, 0.4) is 0 Å². The van der Waals surface area contributed by atoms with Gasteiger partial charge in [0.1, 0.15) is 11.8 Å². The van der Waals surface area contributed by atoms with Crippen molar-refractivity contribution in [1.29, 1.82) is 0 Å². The van der Waals surface area contributed by atoms with E-state index >= 15 is 0 Å². The van der Waals surface area contributed by atoms with Crippen molar-refractivity contribution in [1.82, 2.24) is 5.32 Å². The molecule has 0 saturated heterocycles. The number of ether oxygens (including phenoxy) is 1. The number of hydrogen-bond donors (Lipinski definition) is 2. The first-order chi connectivity index (χ1) is 7.54. The lowest BCUT2D eigenvalue weighted by Crippen LogP contribution is -2.35. The number of aliphatic carboxylic acids is 1. The molecule has 2 atom stereocenters. The highest BCUT2D eigenvalue weighted by atomic mass is 16.5. The summed E-state index contributed by atoms with van der Waals surface area (Å²) in [5.74, 6) is -0.0797. The molecule has 1 aromatic rings. The van der Waals surface area contributed by atoms with Gasteiger partial charge < -0.3 is 9.84 Å². The predicted molar refractivity (Wildman–Crippen MR) is 61.6 cm³/mol. The molecule has 0 aliphatic rings. The molecule has 1 aromatic carbocycles. The summed E-state index contributed by atoms with van der Waals surface area (Å²) in [6.07, 6.45) is 0. The molecular formula is C12H17NO3. The molecule has 4 nitrogen and oxygen atoms in total. The SMILES string of the molecule is COc1cccc(C(C)NC(C)C(=O)O)c1. The standard InChI is InChI=1S/C12H17NO3/c1-8(13-9(2)12(14)15)10-5-4-6-11(7-10)16-3/h4-9,13H,1-3H3,(H,14,15). The van der Waals surface area contributed by atoms with Crippen molar-refractivity contribution >= 4 is 5.97 Å². The molecule has 1 rings (SSSR count). The molecule has 4 heteroatoms. The van der Waals surface area contributed by atoms with Crippen LogP contribution < -0.4 is 10.1 Å². The van der Waals surface area contributed by atoms with Crippen molar-refractivity contribution in [2.75, 3.05) is 7.11 Å². The van der Waals surface area contributed by atoms with Crippen LogP contribution >= 0.6 is 0 Å². The molecule has 0 aliphatic carbocycles. The van der Waals surface area contributed by atoms with Crippen LogP contribution in [-0.4, -0.2) is 24.2 Å². The van der Waals surface area contributed by atoms with Crippen LogP contribution in [0.2, 0.25) is 0 Å². The second kappa shape index (κ2) is 5.51. The molecule has 0 bridgehead atoms. The van der Waals surface area contributed by atoms with E-state index in [9.17, 15) is 4.79 Å². The van der Waals surface area contributed by atoms with Crippen molar-refractivity contribution in [3.63, 3.8) is 0 Å². The summed E-state index contributed by atoms with van der Waals surface area (Å²) in [6, 6.07) is 6.98. The van der Waals surface area contributed by atoms with Gasteiger partial charge in [0, 0.05) is 6.04 Å². The molecule has 16 heavy (non-hydrogen) atoms. The third-order valence-corrected chi connectivity index (χ3v) is 2.46. The Morgan fingerprint density at radius 2 is 2.12 bits per heavy atom. The largest absolute Gasteiger partial charge is 0.497 e. The number of carbonyl (C=O) groups is 1. The van der Waals surface area contributed by atoms with E-state index in [1.165, 1.54) is 0 Å². The van der Waals surface area contributed by atoms with E-state index in [0.717, 1.165) is 11.3 Å². The van der Waals surface area contributed by atoms with Crippen molar-refractivity contribution in [3.05, 3.63) is 29.8 Å². The number of hydrogen-bond acceptors (Lipinski definition) is 3. The summed E-state index contributed by atoms with van der Waals surface area (Å²) in [5, 5.41) is 11.8. The number of carboxylic acids is 1. The molecule has 0 heterocycles. The van der Waals surface area contributed by atoms with Crippen LogP contribution in [0.15, 0.2) is 24.3 Å². The molecule has 0 aromatic heterocycles. The molecule has 0 fully saturated rings. The Hall–Kier alpha value is -1.55. The molecule has 2 unspecified atom stereocenters. The highest BCUT2D eigenvalue weighted by molar-refractivity contribution is 5.72. The molecule has 88 valence electrons. The molecule has 0 saturated carbocycles. The second-order valence-electron chi connectivity index (χ2n) is 3.72. The van der Waals surface area contributed by atoms with Gasteiger partial charge in [0.25, 0.3) is 0 Å². The number of benzene rings is 1. The topological polar surface area (TPSA) is 58.6 Å². The monoisotopic (exact) mass is 223 g/mol. The Labute approximate surface area is 95.2 Å². The number of nitrogens with one attached hydrogen (secondary N) is 1. The van der Waals surface area contributed by atoms with E-state index < -0.39 is 12.0 Å². The van der Waals surface area contributed by atoms with Gasteiger partial charge >= 0.3 is 5.97 Å². The first kappa shape index (κ1) is 12.5. The maximum Gasteiger partial charge on any atom is 0.320 e. The zero-order chi connectivity index (χ0) is 12.1. The third kappa shape index (κ3) is 3.24. The van der Waals surface area contributed by atoms with E-state index in [2.05, 4.69) is 5.32 Å². The molecule has 0 aliphatic heterocycles. The molecule has 0 spiro atoms. The summed E-state index contributed by atoms with van der Waals surface area (Å²) in [7, 11) is 1.61. The van der Waals surface area contributed by atoms with E-state index in [4.69, 9.17) is 9.84 Å².